The van der Waals surface area contributed by atoms with Gasteiger partial charge in [0, 0.05) is 0 Å². The van der Waals surface area contributed by atoms with Crippen LogP contribution in [-0.2, 0) is 4.43 Å². The monoisotopic (exact) mass is 286 g/mol. The van der Waals surface area contributed by atoms with Crippen molar-refractivity contribution in [3.63, 3.8) is 0 Å². The Kier molecular flexibility index (Phi) is 3.93. The van der Waals surface area contributed by atoms with Gasteiger partial charge in [0.2, 0.25) is 0 Å². The summed E-state index contributed by atoms with van der Waals surface area (Å²) in [6, 6.07) is 0. The molecule has 0 bridgehead atoms. The third kappa shape index (κ3) is 2.44. The molecule has 0 amide bonds. The molecule has 1 aliphatic rings. The van der Waals surface area contributed by atoms with Crippen LogP contribution in [0.25, 0.3) is 0 Å². The molecule has 0 aliphatic heterocycles. The van der Waals surface area contributed by atoms with Crippen molar-refractivity contribution in [2.75, 3.05) is 6.61 Å². The van der Waals surface area contributed by atoms with Crippen molar-refractivity contribution in [1.82, 2.24) is 0 Å². The van der Waals surface area contributed by atoms with E-state index in [0.717, 1.165) is 0 Å². The van der Waals surface area contributed by atoms with E-state index in [1.807, 2.05) is 0 Å². The van der Waals surface area contributed by atoms with Gasteiger partial charge in [0.25, 0.3) is 0 Å². The van der Waals surface area contributed by atoms with Crippen molar-refractivity contribution in [3.8, 4) is 0 Å². The lowest BCUT2D eigenvalue weighted by molar-refractivity contribution is -0.0571. The standard InChI is InChI=1S/C15H30O3Si/c1-9-15(18-19(7,8)12(2,3)4)10-14(15,11-16)13(5,6)17/h9,16-17H,1,10-11H2,2-8H3/t14-,15+/m1/s1. The second kappa shape index (κ2) is 4.42. The first-order valence-corrected chi connectivity index (χ1v) is 9.86. The van der Waals surface area contributed by atoms with Gasteiger partial charge in [-0.15, -0.1) is 6.58 Å². The molecule has 1 aliphatic carbocycles. The highest BCUT2D eigenvalue weighted by molar-refractivity contribution is 6.74. The third-order valence-electron chi connectivity index (χ3n) is 5.26. The van der Waals surface area contributed by atoms with E-state index >= 15 is 0 Å². The molecule has 0 saturated heterocycles. The van der Waals surface area contributed by atoms with Crippen LogP contribution in [0.1, 0.15) is 41.0 Å². The van der Waals surface area contributed by atoms with E-state index in [0.29, 0.717) is 6.42 Å². The van der Waals surface area contributed by atoms with Crippen LogP contribution in [0.5, 0.6) is 0 Å². The Morgan fingerprint density at radius 2 is 1.74 bits per heavy atom. The second-order valence-electron chi connectivity index (χ2n) is 7.93. The van der Waals surface area contributed by atoms with Crippen LogP contribution in [0.2, 0.25) is 18.1 Å². The number of aliphatic hydroxyl groups is 2. The molecule has 0 unspecified atom stereocenters. The molecule has 1 saturated carbocycles. The summed E-state index contributed by atoms with van der Waals surface area (Å²) in [6.45, 7) is 18.2. The van der Waals surface area contributed by atoms with E-state index < -0.39 is 24.9 Å². The number of hydrogen-bond acceptors (Lipinski definition) is 3. The molecule has 0 radical (unpaired) electrons. The maximum absolute atomic E-state index is 10.4. The highest BCUT2D eigenvalue weighted by Crippen LogP contribution is 2.66. The first kappa shape index (κ1) is 16.9. The average Bonchev–Trinajstić information content (AvgIpc) is 2.85. The summed E-state index contributed by atoms with van der Waals surface area (Å²) in [5, 5.41) is 20.3. The summed E-state index contributed by atoms with van der Waals surface area (Å²) < 4.78 is 6.48. The quantitative estimate of drug-likeness (QED) is 0.603. The predicted molar refractivity (Wildman–Crippen MR) is 81.6 cm³/mol. The molecule has 2 N–H and O–H groups in total. The molecule has 3 nitrogen and oxygen atoms in total. The lowest BCUT2D eigenvalue weighted by atomic mass is 9.84. The van der Waals surface area contributed by atoms with Crippen LogP contribution in [0.4, 0.5) is 0 Å². The van der Waals surface area contributed by atoms with Crippen LogP contribution in [-0.4, -0.2) is 36.3 Å². The fraction of sp³-hybridized carbons (Fsp3) is 0.867. The van der Waals surface area contributed by atoms with Crippen LogP contribution in [0.3, 0.4) is 0 Å². The van der Waals surface area contributed by atoms with Gasteiger partial charge < -0.3 is 14.6 Å². The summed E-state index contributed by atoms with van der Waals surface area (Å²) >= 11 is 0. The van der Waals surface area contributed by atoms with Crippen molar-refractivity contribution in [2.24, 2.45) is 5.41 Å². The Morgan fingerprint density at radius 3 is 1.95 bits per heavy atom. The zero-order chi connectivity index (χ0) is 15.3. The summed E-state index contributed by atoms with van der Waals surface area (Å²) in [4.78, 5) is 0. The Morgan fingerprint density at radius 1 is 1.26 bits per heavy atom. The summed E-state index contributed by atoms with van der Waals surface area (Å²) in [5.41, 5.74) is -2.21. The Labute approximate surface area is 118 Å². The molecule has 0 heterocycles. The van der Waals surface area contributed by atoms with Crippen LogP contribution >= 0.6 is 0 Å². The third-order valence-corrected chi connectivity index (χ3v) is 9.75. The lowest BCUT2D eigenvalue weighted by Gasteiger charge is -2.42. The molecule has 4 heteroatoms. The minimum atomic E-state index is -1.98. The second-order valence-corrected chi connectivity index (χ2v) is 12.7. The van der Waals surface area contributed by atoms with Gasteiger partial charge in [0.1, 0.15) is 0 Å². The van der Waals surface area contributed by atoms with E-state index in [4.69, 9.17) is 4.43 Å². The molecular formula is C15H30O3Si. The van der Waals surface area contributed by atoms with Crippen molar-refractivity contribution in [2.45, 2.75) is 70.4 Å². The van der Waals surface area contributed by atoms with Crippen LogP contribution in [0.15, 0.2) is 12.7 Å². The molecule has 0 spiro atoms. The van der Waals surface area contributed by atoms with E-state index in [9.17, 15) is 10.2 Å². The van der Waals surface area contributed by atoms with Gasteiger partial charge >= 0.3 is 0 Å². The van der Waals surface area contributed by atoms with Crippen LogP contribution < -0.4 is 0 Å². The van der Waals surface area contributed by atoms with Crippen molar-refractivity contribution >= 4 is 8.32 Å². The SMILES string of the molecule is C=C[C@]1(O[Si](C)(C)C(C)(C)C)C[C@@]1(CO)C(C)(C)O. The zero-order valence-corrected chi connectivity index (χ0v) is 14.5. The number of rotatable bonds is 5. The molecule has 0 aromatic heterocycles. The van der Waals surface area contributed by atoms with Gasteiger partial charge in [-0.1, -0.05) is 26.8 Å². The number of hydrogen-bond donors (Lipinski definition) is 2. The van der Waals surface area contributed by atoms with Gasteiger partial charge in [-0.25, -0.2) is 0 Å². The van der Waals surface area contributed by atoms with Crippen molar-refractivity contribution < 1.29 is 14.6 Å². The highest BCUT2D eigenvalue weighted by Gasteiger charge is 2.74. The van der Waals surface area contributed by atoms with Gasteiger partial charge in [-0.2, -0.15) is 0 Å². The minimum Gasteiger partial charge on any atom is -0.407 e. The normalized spacial score (nSPS) is 32.3. The molecule has 0 aromatic carbocycles. The fourth-order valence-corrected chi connectivity index (χ4v) is 4.14. The van der Waals surface area contributed by atoms with Gasteiger partial charge in [0.05, 0.1) is 23.2 Å². The van der Waals surface area contributed by atoms with E-state index in [1.165, 1.54) is 0 Å². The van der Waals surface area contributed by atoms with E-state index in [-0.39, 0.29) is 11.6 Å². The lowest BCUT2D eigenvalue weighted by Crippen LogP contribution is -2.50. The molecule has 1 rings (SSSR count). The molecule has 112 valence electrons. The average molecular weight is 286 g/mol. The maximum Gasteiger partial charge on any atom is 0.193 e. The molecular weight excluding hydrogens is 256 g/mol. The highest BCUT2D eigenvalue weighted by atomic mass is 28.4. The first-order valence-electron chi connectivity index (χ1n) is 6.96. The van der Waals surface area contributed by atoms with E-state index in [1.54, 1.807) is 19.9 Å². The fourth-order valence-electron chi connectivity index (χ4n) is 2.57. The molecule has 1 fully saturated rings. The van der Waals surface area contributed by atoms with Gasteiger partial charge in [-0.05, 0) is 38.4 Å². The molecule has 0 aromatic rings. The summed E-state index contributed by atoms with van der Waals surface area (Å²) in [6.07, 6.45) is 2.41. The Balaban J connectivity index is 3.09. The van der Waals surface area contributed by atoms with Crippen molar-refractivity contribution in [3.05, 3.63) is 12.7 Å². The summed E-state index contributed by atoms with van der Waals surface area (Å²) in [5.74, 6) is 0. The smallest absolute Gasteiger partial charge is 0.193 e. The topological polar surface area (TPSA) is 49.7 Å². The zero-order valence-electron chi connectivity index (χ0n) is 13.5. The minimum absolute atomic E-state index is 0.0862. The largest absolute Gasteiger partial charge is 0.407 e. The Bertz CT molecular complexity index is 365. The van der Waals surface area contributed by atoms with Crippen LogP contribution in [0, 0.1) is 5.41 Å². The first-order chi connectivity index (χ1) is 8.29. The van der Waals surface area contributed by atoms with Gasteiger partial charge in [0.15, 0.2) is 8.32 Å². The predicted octanol–water partition coefficient (Wildman–Crippen LogP) is 3.09. The van der Waals surface area contributed by atoms with E-state index in [2.05, 4.69) is 40.4 Å². The molecule has 19 heavy (non-hydrogen) atoms. The molecule has 2 atom stereocenters. The Hall–Kier alpha value is -0.163. The number of aliphatic hydroxyl groups excluding tert-OH is 1. The van der Waals surface area contributed by atoms with Gasteiger partial charge in [-0.3, -0.25) is 0 Å². The maximum atomic E-state index is 10.4. The van der Waals surface area contributed by atoms with Crippen molar-refractivity contribution in [1.29, 1.82) is 0 Å². The summed E-state index contributed by atoms with van der Waals surface area (Å²) in [7, 11) is -1.98.